The highest BCUT2D eigenvalue weighted by Crippen LogP contribution is 2.29. The number of benzene rings is 2. The van der Waals surface area contributed by atoms with Gasteiger partial charge in [0.15, 0.2) is 0 Å². The van der Waals surface area contributed by atoms with Crippen LogP contribution >= 0.6 is 0 Å². The van der Waals surface area contributed by atoms with Gasteiger partial charge in [0.1, 0.15) is 0 Å². The van der Waals surface area contributed by atoms with Crippen LogP contribution < -0.4 is 5.73 Å². The van der Waals surface area contributed by atoms with Gasteiger partial charge in [0.05, 0.1) is 12.1 Å². The lowest BCUT2D eigenvalue weighted by atomic mass is 9.94. The van der Waals surface area contributed by atoms with Crippen molar-refractivity contribution in [2.75, 3.05) is 0 Å². The van der Waals surface area contributed by atoms with Gasteiger partial charge in [0.25, 0.3) is 7.48 Å². The maximum Gasteiger partial charge on any atom is 0.289 e. The summed E-state index contributed by atoms with van der Waals surface area (Å²) in [6.07, 6.45) is -0.154. The highest BCUT2D eigenvalue weighted by molar-refractivity contribution is 6.24. The van der Waals surface area contributed by atoms with Crippen LogP contribution in [0.2, 0.25) is 6.82 Å². The molecule has 2 nitrogen and oxygen atoms in total. The van der Waals surface area contributed by atoms with Crippen LogP contribution in [0, 0.1) is 0 Å². The predicted octanol–water partition coefficient (Wildman–Crippen LogP) is 3.11. The fourth-order valence-electron chi connectivity index (χ4n) is 2.01. The van der Waals surface area contributed by atoms with Crippen LogP contribution in [0.25, 0.3) is 0 Å². The van der Waals surface area contributed by atoms with Gasteiger partial charge in [0, 0.05) is 0 Å². The molecule has 0 saturated heterocycles. The topological polar surface area (TPSA) is 35.2 Å². The Labute approximate surface area is 109 Å². The van der Waals surface area contributed by atoms with E-state index in [1.807, 2.05) is 67.5 Å². The molecule has 2 N–H and O–H groups in total. The second kappa shape index (κ2) is 6.38. The fourth-order valence-corrected chi connectivity index (χ4v) is 2.01. The second-order valence-corrected chi connectivity index (χ2v) is 4.14. The van der Waals surface area contributed by atoms with E-state index >= 15 is 0 Å². The number of nitrogens with two attached hydrogens (primary N) is 1. The van der Waals surface area contributed by atoms with Crippen molar-refractivity contribution in [3.05, 3.63) is 71.8 Å². The Kier molecular flexibility index (Phi) is 4.56. The summed E-state index contributed by atoms with van der Waals surface area (Å²) < 4.78 is 5.69. The van der Waals surface area contributed by atoms with Crippen LogP contribution in [0.15, 0.2) is 60.7 Å². The molecule has 2 aromatic rings. The molecule has 0 unspecified atom stereocenters. The Morgan fingerprint density at radius 2 is 1.39 bits per heavy atom. The van der Waals surface area contributed by atoms with Crippen molar-refractivity contribution < 1.29 is 4.65 Å². The first-order valence-corrected chi connectivity index (χ1v) is 6.11. The average molecular weight is 238 g/mol. The van der Waals surface area contributed by atoms with E-state index in [0.717, 1.165) is 11.1 Å². The molecule has 0 aliphatic carbocycles. The molecular weight excluding hydrogens is 221 g/mol. The summed E-state index contributed by atoms with van der Waals surface area (Å²) in [4.78, 5) is 0. The maximum atomic E-state index is 6.31. The van der Waals surface area contributed by atoms with E-state index in [1.165, 1.54) is 0 Å². The van der Waals surface area contributed by atoms with Crippen molar-refractivity contribution in [3.8, 4) is 0 Å². The SMILES string of the molecule is C[B]O[C@@H](c1ccccc1)[C@H](N)c1ccccc1. The Morgan fingerprint density at radius 1 is 0.889 bits per heavy atom. The van der Waals surface area contributed by atoms with E-state index in [9.17, 15) is 0 Å². The van der Waals surface area contributed by atoms with Gasteiger partial charge in [-0.3, -0.25) is 0 Å². The van der Waals surface area contributed by atoms with Gasteiger partial charge in [-0.15, -0.1) is 0 Å². The van der Waals surface area contributed by atoms with Crippen molar-refractivity contribution in [1.82, 2.24) is 0 Å². The number of hydrogen-bond acceptors (Lipinski definition) is 2. The first-order valence-electron chi connectivity index (χ1n) is 6.11. The smallest absolute Gasteiger partial charge is 0.289 e. The maximum absolute atomic E-state index is 6.31. The van der Waals surface area contributed by atoms with Gasteiger partial charge in [-0.25, -0.2) is 0 Å². The lowest BCUT2D eigenvalue weighted by Crippen LogP contribution is -2.23. The van der Waals surface area contributed by atoms with E-state index in [4.69, 9.17) is 10.4 Å². The van der Waals surface area contributed by atoms with Crippen LogP contribution in [0.4, 0.5) is 0 Å². The Morgan fingerprint density at radius 3 is 1.89 bits per heavy atom. The molecule has 0 amide bonds. The summed E-state index contributed by atoms with van der Waals surface area (Å²) in [6, 6.07) is 19.9. The molecule has 0 aliphatic heterocycles. The zero-order valence-electron chi connectivity index (χ0n) is 10.5. The molecule has 0 aromatic heterocycles. The molecule has 2 aromatic carbocycles. The zero-order chi connectivity index (χ0) is 12.8. The normalized spacial score (nSPS) is 13.9. The lowest BCUT2D eigenvalue weighted by molar-refractivity contribution is 0.184. The van der Waals surface area contributed by atoms with Gasteiger partial charge in [-0.05, 0) is 11.1 Å². The predicted molar refractivity (Wildman–Crippen MR) is 75.3 cm³/mol. The summed E-state index contributed by atoms with van der Waals surface area (Å²) >= 11 is 0. The zero-order valence-corrected chi connectivity index (χ0v) is 10.5. The fraction of sp³-hybridized carbons (Fsp3) is 0.200. The summed E-state index contributed by atoms with van der Waals surface area (Å²) in [5.74, 6) is 0. The van der Waals surface area contributed by atoms with Gasteiger partial charge in [-0.2, -0.15) is 0 Å². The van der Waals surface area contributed by atoms with Crippen molar-refractivity contribution in [2.24, 2.45) is 5.73 Å². The van der Waals surface area contributed by atoms with Crippen molar-refractivity contribution >= 4 is 7.48 Å². The first-order chi connectivity index (χ1) is 8.83. The third-order valence-electron chi connectivity index (χ3n) is 2.92. The molecule has 0 aliphatic rings. The summed E-state index contributed by atoms with van der Waals surface area (Å²) in [7, 11) is 1.69. The van der Waals surface area contributed by atoms with Crippen LogP contribution in [0.5, 0.6) is 0 Å². The summed E-state index contributed by atoms with van der Waals surface area (Å²) in [6.45, 7) is 1.87. The van der Waals surface area contributed by atoms with Crippen LogP contribution in [0.3, 0.4) is 0 Å². The molecule has 1 radical (unpaired) electrons. The third-order valence-corrected chi connectivity index (χ3v) is 2.92. The molecule has 3 heteroatoms. The standard InChI is InChI=1S/C15H17BNO/c1-16-18-15(13-10-6-3-7-11-13)14(17)12-8-4-2-5-9-12/h2-11,14-15H,17H2,1H3/t14-,15+/m1/s1. The van der Waals surface area contributed by atoms with E-state index in [1.54, 1.807) is 7.48 Å². The Bertz CT molecular complexity index is 460. The van der Waals surface area contributed by atoms with E-state index in [2.05, 4.69) is 0 Å². The molecular formula is C15H17BNO. The highest BCUT2D eigenvalue weighted by atomic mass is 16.4. The average Bonchev–Trinajstić information content (AvgIpc) is 2.46. The Balaban J connectivity index is 2.26. The molecule has 0 heterocycles. The summed E-state index contributed by atoms with van der Waals surface area (Å²) in [5.41, 5.74) is 8.48. The minimum Gasteiger partial charge on any atom is -0.432 e. The highest BCUT2D eigenvalue weighted by Gasteiger charge is 2.20. The number of rotatable bonds is 5. The third kappa shape index (κ3) is 3.00. The van der Waals surface area contributed by atoms with Gasteiger partial charge in [0.2, 0.25) is 0 Å². The molecule has 91 valence electrons. The minimum absolute atomic E-state index is 0.154. The largest absolute Gasteiger partial charge is 0.432 e. The molecule has 0 fully saturated rings. The van der Waals surface area contributed by atoms with Crippen LogP contribution in [-0.2, 0) is 4.65 Å². The molecule has 0 spiro atoms. The first kappa shape index (κ1) is 12.9. The Hall–Kier alpha value is -1.58. The van der Waals surface area contributed by atoms with Crippen LogP contribution in [-0.4, -0.2) is 7.48 Å². The minimum atomic E-state index is -0.176. The van der Waals surface area contributed by atoms with E-state index in [0.29, 0.717) is 0 Å². The van der Waals surface area contributed by atoms with Gasteiger partial charge < -0.3 is 10.4 Å². The lowest BCUT2D eigenvalue weighted by Gasteiger charge is -2.25. The van der Waals surface area contributed by atoms with Crippen molar-refractivity contribution in [1.29, 1.82) is 0 Å². The molecule has 18 heavy (non-hydrogen) atoms. The molecule has 0 bridgehead atoms. The quantitative estimate of drug-likeness (QED) is 0.812. The summed E-state index contributed by atoms with van der Waals surface area (Å²) in [5, 5.41) is 0. The van der Waals surface area contributed by atoms with Gasteiger partial charge >= 0.3 is 0 Å². The second-order valence-electron chi connectivity index (χ2n) is 4.14. The molecule has 0 saturated carbocycles. The van der Waals surface area contributed by atoms with Crippen molar-refractivity contribution in [2.45, 2.75) is 19.0 Å². The number of hydrogen-bond donors (Lipinski definition) is 1. The van der Waals surface area contributed by atoms with Crippen molar-refractivity contribution in [3.63, 3.8) is 0 Å². The van der Waals surface area contributed by atoms with E-state index in [-0.39, 0.29) is 12.1 Å². The molecule has 2 rings (SSSR count). The monoisotopic (exact) mass is 238 g/mol. The van der Waals surface area contributed by atoms with Crippen LogP contribution in [0.1, 0.15) is 23.3 Å². The van der Waals surface area contributed by atoms with Gasteiger partial charge in [-0.1, -0.05) is 67.5 Å². The molecule has 2 atom stereocenters. The van der Waals surface area contributed by atoms with E-state index < -0.39 is 0 Å².